The van der Waals surface area contributed by atoms with Crippen molar-refractivity contribution in [1.82, 2.24) is 15.5 Å². The van der Waals surface area contributed by atoms with Crippen LogP contribution >= 0.6 is 0 Å². The summed E-state index contributed by atoms with van der Waals surface area (Å²) in [7, 11) is 0. The molecule has 2 rings (SSSR count). The molecule has 0 atom stereocenters. The summed E-state index contributed by atoms with van der Waals surface area (Å²) in [5.41, 5.74) is 0.320. The second-order valence-corrected chi connectivity index (χ2v) is 6.14. The molecule has 0 aromatic rings. The molecule has 0 bridgehead atoms. The average Bonchev–Trinajstić information content (AvgIpc) is 2.41. The summed E-state index contributed by atoms with van der Waals surface area (Å²) in [6.45, 7) is 12.4. The topological polar surface area (TPSA) is 36.5 Å². The molecule has 4 nitrogen and oxygen atoms in total. The third-order valence-corrected chi connectivity index (χ3v) is 4.36. The number of rotatable bonds is 5. The van der Waals surface area contributed by atoms with Crippen LogP contribution < -0.4 is 10.6 Å². The first kappa shape index (κ1) is 14.3. The van der Waals surface area contributed by atoms with E-state index in [9.17, 15) is 0 Å². The fourth-order valence-electron chi connectivity index (χ4n) is 2.91. The lowest BCUT2D eigenvalue weighted by Gasteiger charge is -2.41. The van der Waals surface area contributed by atoms with E-state index in [2.05, 4.69) is 29.4 Å². The van der Waals surface area contributed by atoms with Crippen LogP contribution in [0.1, 0.15) is 33.1 Å². The van der Waals surface area contributed by atoms with Gasteiger partial charge < -0.3 is 15.4 Å². The number of ether oxygens (including phenoxy) is 1. The Hall–Kier alpha value is -0.160. The molecular weight excluding hydrogens is 226 g/mol. The highest BCUT2D eigenvalue weighted by atomic mass is 16.5. The van der Waals surface area contributed by atoms with Crippen molar-refractivity contribution in [3.8, 4) is 0 Å². The van der Waals surface area contributed by atoms with Crippen LogP contribution in [-0.2, 0) is 4.74 Å². The van der Waals surface area contributed by atoms with E-state index in [0.29, 0.717) is 11.6 Å². The molecule has 2 N–H and O–H groups in total. The maximum absolute atomic E-state index is 5.39. The molecule has 2 aliphatic heterocycles. The molecule has 4 heteroatoms. The Kier molecular flexibility index (Phi) is 5.42. The second kappa shape index (κ2) is 6.85. The van der Waals surface area contributed by atoms with E-state index < -0.39 is 0 Å². The monoisotopic (exact) mass is 255 g/mol. The molecule has 2 fully saturated rings. The Labute approximate surface area is 111 Å². The number of hydrogen-bond acceptors (Lipinski definition) is 4. The Bertz CT molecular complexity index is 233. The number of nitrogens with one attached hydrogen (secondary N) is 2. The summed E-state index contributed by atoms with van der Waals surface area (Å²) in [6.07, 6.45) is 3.58. The largest absolute Gasteiger partial charge is 0.381 e. The van der Waals surface area contributed by atoms with E-state index in [4.69, 9.17) is 4.74 Å². The Morgan fingerprint density at radius 1 is 1.22 bits per heavy atom. The summed E-state index contributed by atoms with van der Waals surface area (Å²) in [4.78, 5) is 2.62. The molecule has 0 saturated carbocycles. The summed E-state index contributed by atoms with van der Waals surface area (Å²) in [5, 5.41) is 7.12. The average molecular weight is 255 g/mol. The van der Waals surface area contributed by atoms with Crippen LogP contribution in [0.15, 0.2) is 0 Å². The minimum absolute atomic E-state index is 0.320. The predicted molar refractivity (Wildman–Crippen MR) is 75.0 cm³/mol. The van der Waals surface area contributed by atoms with Crippen LogP contribution in [0.5, 0.6) is 0 Å². The minimum atomic E-state index is 0.320. The molecule has 0 radical (unpaired) electrons. The zero-order valence-corrected chi connectivity index (χ0v) is 12.0. The van der Waals surface area contributed by atoms with Crippen molar-refractivity contribution in [3.63, 3.8) is 0 Å². The van der Waals surface area contributed by atoms with Crippen molar-refractivity contribution in [2.75, 3.05) is 45.9 Å². The quantitative estimate of drug-likeness (QED) is 0.763. The van der Waals surface area contributed by atoms with Gasteiger partial charge in [0.15, 0.2) is 0 Å². The van der Waals surface area contributed by atoms with Crippen LogP contribution in [0.2, 0.25) is 0 Å². The molecular formula is C14H29N3O. The van der Waals surface area contributed by atoms with Crippen molar-refractivity contribution < 1.29 is 4.74 Å². The van der Waals surface area contributed by atoms with Crippen molar-refractivity contribution in [3.05, 3.63) is 0 Å². The lowest BCUT2D eigenvalue weighted by molar-refractivity contribution is 0.0718. The molecule has 0 aromatic heterocycles. The lowest BCUT2D eigenvalue weighted by Crippen LogP contribution is -2.54. The summed E-state index contributed by atoms with van der Waals surface area (Å²) >= 11 is 0. The molecule has 0 amide bonds. The Morgan fingerprint density at radius 3 is 2.56 bits per heavy atom. The first-order chi connectivity index (χ1) is 8.68. The number of piperazine rings is 1. The highest BCUT2D eigenvalue weighted by Crippen LogP contribution is 2.19. The van der Waals surface area contributed by atoms with E-state index in [1.165, 1.54) is 32.4 Å². The van der Waals surface area contributed by atoms with Gasteiger partial charge in [-0.2, -0.15) is 0 Å². The second-order valence-electron chi connectivity index (χ2n) is 6.14. The maximum Gasteiger partial charge on any atom is 0.0480 e. The van der Waals surface area contributed by atoms with Gasteiger partial charge in [0, 0.05) is 51.0 Å². The van der Waals surface area contributed by atoms with Gasteiger partial charge in [0.25, 0.3) is 0 Å². The molecule has 2 saturated heterocycles. The fraction of sp³-hybridized carbons (Fsp3) is 1.00. The van der Waals surface area contributed by atoms with Crippen LogP contribution in [-0.4, -0.2) is 62.4 Å². The number of nitrogens with zero attached hydrogens (tertiary/aromatic N) is 1. The van der Waals surface area contributed by atoms with E-state index >= 15 is 0 Å². The van der Waals surface area contributed by atoms with Crippen LogP contribution in [0, 0.1) is 0 Å². The highest BCUT2D eigenvalue weighted by Gasteiger charge is 2.27. The highest BCUT2D eigenvalue weighted by molar-refractivity contribution is 4.85. The maximum atomic E-state index is 5.39. The molecule has 2 heterocycles. The molecule has 0 unspecified atom stereocenters. The Balaban J connectivity index is 1.67. The van der Waals surface area contributed by atoms with Gasteiger partial charge in [-0.05, 0) is 39.7 Å². The molecule has 0 aromatic carbocycles. The van der Waals surface area contributed by atoms with Gasteiger partial charge in [-0.15, -0.1) is 0 Å². The zero-order valence-electron chi connectivity index (χ0n) is 12.0. The van der Waals surface area contributed by atoms with Gasteiger partial charge in [0.2, 0.25) is 0 Å². The molecule has 0 spiro atoms. The van der Waals surface area contributed by atoms with E-state index in [1.54, 1.807) is 0 Å². The van der Waals surface area contributed by atoms with Crippen molar-refractivity contribution in [1.29, 1.82) is 0 Å². The summed E-state index contributed by atoms with van der Waals surface area (Å²) in [5.74, 6) is 0. The molecule has 2 aliphatic rings. The minimum Gasteiger partial charge on any atom is -0.381 e. The van der Waals surface area contributed by atoms with Gasteiger partial charge in [0.1, 0.15) is 0 Å². The van der Waals surface area contributed by atoms with Gasteiger partial charge in [-0.3, -0.25) is 4.90 Å². The summed E-state index contributed by atoms with van der Waals surface area (Å²) in [6, 6.07) is 0.678. The molecule has 106 valence electrons. The lowest BCUT2D eigenvalue weighted by atomic mass is 9.96. The first-order valence-electron chi connectivity index (χ1n) is 7.45. The van der Waals surface area contributed by atoms with Crippen LogP contribution in [0.3, 0.4) is 0 Å². The molecule has 18 heavy (non-hydrogen) atoms. The summed E-state index contributed by atoms with van der Waals surface area (Å²) < 4.78 is 5.39. The van der Waals surface area contributed by atoms with Crippen LogP contribution in [0.25, 0.3) is 0 Å². The van der Waals surface area contributed by atoms with Gasteiger partial charge in [0.05, 0.1) is 0 Å². The van der Waals surface area contributed by atoms with Gasteiger partial charge in [-0.25, -0.2) is 0 Å². The van der Waals surface area contributed by atoms with E-state index in [0.717, 1.165) is 32.8 Å². The van der Waals surface area contributed by atoms with Crippen LogP contribution in [0.4, 0.5) is 0 Å². The normalized spacial score (nSPS) is 24.3. The van der Waals surface area contributed by atoms with Gasteiger partial charge >= 0.3 is 0 Å². The fourth-order valence-corrected chi connectivity index (χ4v) is 2.91. The number of hydrogen-bond donors (Lipinski definition) is 2. The smallest absolute Gasteiger partial charge is 0.0480 e. The third-order valence-electron chi connectivity index (χ3n) is 4.36. The third kappa shape index (κ3) is 4.19. The van der Waals surface area contributed by atoms with E-state index in [1.807, 2.05) is 0 Å². The van der Waals surface area contributed by atoms with E-state index in [-0.39, 0.29) is 0 Å². The standard InChI is InChI=1S/C14H29N3O/c1-14(2,17-9-7-15-8-10-17)5-6-16-13-3-11-18-12-4-13/h13,15-16H,3-12H2,1-2H3. The predicted octanol–water partition coefficient (Wildman–Crippen LogP) is 0.829. The first-order valence-corrected chi connectivity index (χ1v) is 7.45. The SMILES string of the molecule is CC(C)(CCNC1CCOCC1)N1CCNCC1. The van der Waals surface area contributed by atoms with Crippen molar-refractivity contribution >= 4 is 0 Å². The van der Waals surface area contributed by atoms with Crippen molar-refractivity contribution in [2.45, 2.75) is 44.7 Å². The molecule has 0 aliphatic carbocycles. The Morgan fingerprint density at radius 2 is 1.89 bits per heavy atom. The van der Waals surface area contributed by atoms with Crippen molar-refractivity contribution in [2.24, 2.45) is 0 Å². The zero-order chi connectivity index (χ0) is 12.8. The van der Waals surface area contributed by atoms with Gasteiger partial charge in [-0.1, -0.05) is 0 Å².